The molecule has 1 aliphatic heterocycles. The molecule has 1 aliphatic rings. The van der Waals surface area contributed by atoms with Crippen LogP contribution in [0.2, 0.25) is 0 Å². The lowest BCUT2D eigenvalue weighted by Gasteiger charge is -2.05. The lowest BCUT2D eigenvalue weighted by molar-refractivity contribution is 0.116. The van der Waals surface area contributed by atoms with Crippen LogP contribution in [0.1, 0.15) is 31.1 Å². The van der Waals surface area contributed by atoms with E-state index in [0.29, 0.717) is 18.1 Å². The minimum atomic E-state index is 0.101. The molecule has 6 nitrogen and oxygen atoms in total. The van der Waals surface area contributed by atoms with Crippen molar-refractivity contribution < 1.29 is 14.0 Å². The van der Waals surface area contributed by atoms with Crippen LogP contribution < -0.4 is 5.32 Å². The second-order valence-corrected chi connectivity index (χ2v) is 4.35. The molecule has 1 unspecified atom stereocenters. The number of ether oxygens (including phenoxy) is 2. The summed E-state index contributed by atoms with van der Waals surface area (Å²) in [6.07, 6.45) is 1.87. The van der Waals surface area contributed by atoms with Gasteiger partial charge < -0.3 is 19.3 Å². The maximum atomic E-state index is 5.28. The number of methoxy groups -OCH3 is 2. The van der Waals surface area contributed by atoms with Gasteiger partial charge in [-0.3, -0.25) is 0 Å². The summed E-state index contributed by atoms with van der Waals surface area (Å²) < 4.78 is 15.7. The van der Waals surface area contributed by atoms with Crippen LogP contribution in [-0.2, 0) is 15.9 Å². The molecule has 96 valence electrons. The first-order chi connectivity index (χ1) is 8.22. The number of aromatic nitrogens is 2. The molecule has 0 aromatic carbocycles. The van der Waals surface area contributed by atoms with Crippen LogP contribution in [-0.4, -0.2) is 43.1 Å². The van der Waals surface area contributed by atoms with Gasteiger partial charge >= 0.3 is 0 Å². The molecule has 0 amide bonds. The van der Waals surface area contributed by atoms with Gasteiger partial charge in [0.1, 0.15) is 0 Å². The minimum Gasteiger partial charge on any atom is -0.381 e. The Kier molecular flexibility index (Phi) is 4.09. The number of nitrogens with one attached hydrogen (secondary N) is 1. The Morgan fingerprint density at radius 1 is 1.53 bits per heavy atom. The van der Waals surface area contributed by atoms with Gasteiger partial charge in [-0.2, -0.15) is 4.98 Å². The highest BCUT2D eigenvalue weighted by Gasteiger charge is 2.29. The van der Waals surface area contributed by atoms with Gasteiger partial charge in [0.25, 0.3) is 0 Å². The van der Waals surface area contributed by atoms with Gasteiger partial charge in [-0.1, -0.05) is 5.16 Å². The van der Waals surface area contributed by atoms with Crippen molar-refractivity contribution in [3.8, 4) is 0 Å². The fraction of sp³-hybridized carbons (Fsp3) is 0.818. The standard InChI is InChI=1S/C11H19N3O3/c1-7(15-2)4-10-13-11(17-14-10)9-5-8(16-3)6-12-9/h7-9,12H,4-6H2,1-3H3/t7?,8-,9+/m0/s1. The van der Waals surface area contributed by atoms with Crippen molar-refractivity contribution >= 4 is 0 Å². The van der Waals surface area contributed by atoms with Crippen molar-refractivity contribution in [2.24, 2.45) is 0 Å². The van der Waals surface area contributed by atoms with Crippen molar-refractivity contribution in [3.63, 3.8) is 0 Å². The van der Waals surface area contributed by atoms with Crippen LogP contribution in [0, 0.1) is 0 Å². The van der Waals surface area contributed by atoms with Crippen LogP contribution in [0.25, 0.3) is 0 Å². The first kappa shape index (κ1) is 12.5. The molecule has 0 bridgehead atoms. The van der Waals surface area contributed by atoms with Gasteiger partial charge in [0.05, 0.1) is 18.2 Å². The third-order valence-electron chi connectivity index (χ3n) is 3.08. The largest absolute Gasteiger partial charge is 0.381 e. The van der Waals surface area contributed by atoms with Gasteiger partial charge in [-0.25, -0.2) is 0 Å². The molecule has 6 heteroatoms. The summed E-state index contributed by atoms with van der Waals surface area (Å²) in [5.74, 6) is 1.33. The average Bonchev–Trinajstić information content (AvgIpc) is 2.96. The highest BCUT2D eigenvalue weighted by Crippen LogP contribution is 2.23. The summed E-state index contributed by atoms with van der Waals surface area (Å²) in [6.45, 7) is 2.80. The van der Waals surface area contributed by atoms with Crippen LogP contribution in [0.4, 0.5) is 0 Å². The van der Waals surface area contributed by atoms with E-state index in [1.165, 1.54) is 0 Å². The van der Waals surface area contributed by atoms with E-state index >= 15 is 0 Å². The summed E-state index contributed by atoms with van der Waals surface area (Å²) in [5.41, 5.74) is 0. The molecular formula is C11H19N3O3. The molecule has 2 heterocycles. The van der Waals surface area contributed by atoms with E-state index in [2.05, 4.69) is 15.5 Å². The summed E-state index contributed by atoms with van der Waals surface area (Å²) >= 11 is 0. The van der Waals surface area contributed by atoms with Crippen LogP contribution in [0.15, 0.2) is 4.52 Å². The smallest absolute Gasteiger partial charge is 0.243 e. The molecule has 0 spiro atoms. The number of nitrogens with zero attached hydrogens (tertiary/aromatic N) is 2. The quantitative estimate of drug-likeness (QED) is 0.818. The summed E-state index contributed by atoms with van der Waals surface area (Å²) in [5, 5.41) is 7.25. The second kappa shape index (κ2) is 5.57. The van der Waals surface area contributed by atoms with Gasteiger partial charge in [-0.15, -0.1) is 0 Å². The molecular weight excluding hydrogens is 222 g/mol. The van der Waals surface area contributed by atoms with Crippen LogP contribution in [0.3, 0.4) is 0 Å². The Morgan fingerprint density at radius 2 is 2.35 bits per heavy atom. The van der Waals surface area contributed by atoms with E-state index < -0.39 is 0 Å². The second-order valence-electron chi connectivity index (χ2n) is 4.35. The number of hydrogen-bond acceptors (Lipinski definition) is 6. The monoisotopic (exact) mass is 241 g/mol. The lowest BCUT2D eigenvalue weighted by atomic mass is 10.2. The van der Waals surface area contributed by atoms with Crippen molar-refractivity contribution in [1.29, 1.82) is 0 Å². The van der Waals surface area contributed by atoms with Gasteiger partial charge in [0.15, 0.2) is 5.82 Å². The third kappa shape index (κ3) is 3.02. The molecule has 3 atom stereocenters. The van der Waals surface area contributed by atoms with Gasteiger partial charge in [0.2, 0.25) is 5.89 Å². The van der Waals surface area contributed by atoms with E-state index in [1.54, 1.807) is 14.2 Å². The van der Waals surface area contributed by atoms with Gasteiger partial charge in [-0.05, 0) is 13.3 Å². The van der Waals surface area contributed by atoms with Crippen molar-refractivity contribution in [2.45, 2.75) is 38.0 Å². The summed E-state index contributed by atoms with van der Waals surface area (Å²) in [4.78, 5) is 4.37. The molecule has 17 heavy (non-hydrogen) atoms. The zero-order valence-electron chi connectivity index (χ0n) is 10.5. The molecule has 1 saturated heterocycles. The number of rotatable bonds is 5. The molecule has 1 aromatic heterocycles. The Balaban J connectivity index is 1.94. The Morgan fingerprint density at radius 3 is 3.00 bits per heavy atom. The fourth-order valence-corrected chi connectivity index (χ4v) is 1.90. The first-order valence-electron chi connectivity index (χ1n) is 5.84. The highest BCUT2D eigenvalue weighted by molar-refractivity contribution is 4.98. The van der Waals surface area contributed by atoms with Crippen molar-refractivity contribution in [1.82, 2.24) is 15.5 Å². The van der Waals surface area contributed by atoms with Crippen molar-refractivity contribution in [3.05, 3.63) is 11.7 Å². The zero-order valence-corrected chi connectivity index (χ0v) is 10.5. The molecule has 0 aliphatic carbocycles. The lowest BCUT2D eigenvalue weighted by Crippen LogP contribution is -2.16. The molecule has 1 N–H and O–H groups in total. The SMILES string of the molecule is COC(C)Cc1noc([C@H]2C[C@H](OC)CN2)n1. The molecule has 0 saturated carbocycles. The fourth-order valence-electron chi connectivity index (χ4n) is 1.90. The maximum Gasteiger partial charge on any atom is 0.243 e. The molecule has 2 rings (SSSR count). The third-order valence-corrected chi connectivity index (χ3v) is 3.08. The summed E-state index contributed by atoms with van der Waals surface area (Å²) in [6, 6.07) is 0.110. The predicted molar refractivity (Wildman–Crippen MR) is 60.6 cm³/mol. The van der Waals surface area contributed by atoms with Crippen molar-refractivity contribution in [2.75, 3.05) is 20.8 Å². The normalized spacial score (nSPS) is 26.3. The Hall–Kier alpha value is -0.980. The molecule has 1 fully saturated rings. The predicted octanol–water partition coefficient (Wildman–Crippen LogP) is 0.696. The van der Waals surface area contributed by atoms with E-state index in [4.69, 9.17) is 14.0 Å². The average molecular weight is 241 g/mol. The van der Waals surface area contributed by atoms with Gasteiger partial charge in [0, 0.05) is 27.2 Å². The van der Waals surface area contributed by atoms with E-state index in [0.717, 1.165) is 13.0 Å². The number of hydrogen-bond donors (Lipinski definition) is 1. The summed E-state index contributed by atoms with van der Waals surface area (Å²) in [7, 11) is 3.39. The molecule has 0 radical (unpaired) electrons. The highest BCUT2D eigenvalue weighted by atomic mass is 16.5. The van der Waals surface area contributed by atoms with E-state index in [1.807, 2.05) is 6.92 Å². The Bertz CT molecular complexity index is 355. The van der Waals surface area contributed by atoms with Crippen LogP contribution >= 0.6 is 0 Å². The van der Waals surface area contributed by atoms with Crippen LogP contribution in [0.5, 0.6) is 0 Å². The van der Waals surface area contributed by atoms with E-state index in [-0.39, 0.29) is 18.2 Å². The molecule has 1 aromatic rings. The topological polar surface area (TPSA) is 69.4 Å². The minimum absolute atomic E-state index is 0.101. The zero-order chi connectivity index (χ0) is 12.3. The maximum absolute atomic E-state index is 5.28. The van der Waals surface area contributed by atoms with E-state index in [9.17, 15) is 0 Å². The Labute approximate surface area is 101 Å². The first-order valence-corrected chi connectivity index (χ1v) is 5.84.